The molecule has 0 aliphatic carbocycles. The topological polar surface area (TPSA) is 26.3 Å². The Labute approximate surface area is 63.4 Å². The molecule has 0 saturated heterocycles. The van der Waals surface area contributed by atoms with E-state index in [4.69, 9.17) is 4.74 Å². The Morgan fingerprint density at radius 1 is 1.70 bits per heavy atom. The molecular formula is C7H8O2S. The largest absolute Gasteiger partial charge is 0.487 e. The maximum Gasteiger partial charge on any atom is 0.184 e. The van der Waals surface area contributed by atoms with E-state index in [9.17, 15) is 4.79 Å². The van der Waals surface area contributed by atoms with Gasteiger partial charge in [0.25, 0.3) is 0 Å². The third kappa shape index (κ3) is 1.19. The predicted octanol–water partition coefficient (Wildman–Crippen LogP) is 1.88. The minimum atomic E-state index is 0.644. The van der Waals surface area contributed by atoms with Crippen LogP contribution in [0, 0.1) is 6.92 Å². The SMILES string of the molecule is COc1sc(C)cc1C=O. The summed E-state index contributed by atoms with van der Waals surface area (Å²) in [5.74, 6) is 0. The van der Waals surface area contributed by atoms with Gasteiger partial charge in [0.1, 0.15) is 0 Å². The molecule has 0 bridgehead atoms. The summed E-state index contributed by atoms with van der Waals surface area (Å²) in [5.41, 5.74) is 0.644. The van der Waals surface area contributed by atoms with E-state index >= 15 is 0 Å². The molecule has 0 atom stereocenters. The highest BCUT2D eigenvalue weighted by atomic mass is 32.1. The van der Waals surface area contributed by atoms with Crippen LogP contribution in [-0.4, -0.2) is 13.4 Å². The molecule has 1 aromatic rings. The van der Waals surface area contributed by atoms with Crippen LogP contribution in [0.3, 0.4) is 0 Å². The van der Waals surface area contributed by atoms with Gasteiger partial charge in [-0.05, 0) is 13.0 Å². The standard InChI is InChI=1S/C7H8O2S/c1-5-3-6(4-8)7(9-2)10-5/h3-4H,1-2H3. The molecule has 0 aromatic carbocycles. The first kappa shape index (κ1) is 7.28. The molecule has 3 heteroatoms. The van der Waals surface area contributed by atoms with E-state index in [2.05, 4.69) is 0 Å². The number of hydrogen-bond donors (Lipinski definition) is 0. The van der Waals surface area contributed by atoms with Gasteiger partial charge in [-0.15, -0.1) is 11.3 Å². The molecule has 10 heavy (non-hydrogen) atoms. The Kier molecular flexibility index (Phi) is 2.06. The second kappa shape index (κ2) is 2.84. The first-order valence-corrected chi connectivity index (χ1v) is 3.69. The van der Waals surface area contributed by atoms with Crippen molar-refractivity contribution in [3.05, 3.63) is 16.5 Å². The number of ether oxygens (including phenoxy) is 1. The summed E-state index contributed by atoms with van der Waals surface area (Å²) in [7, 11) is 1.57. The molecule has 0 fully saturated rings. The summed E-state index contributed by atoms with van der Waals surface area (Å²) in [4.78, 5) is 11.4. The number of carbonyl (C=O) groups is 1. The number of methoxy groups -OCH3 is 1. The smallest absolute Gasteiger partial charge is 0.184 e. The van der Waals surface area contributed by atoms with Gasteiger partial charge < -0.3 is 4.74 Å². The van der Waals surface area contributed by atoms with Crippen LogP contribution in [0.15, 0.2) is 6.07 Å². The van der Waals surface area contributed by atoms with Crippen LogP contribution in [0.25, 0.3) is 0 Å². The molecule has 2 nitrogen and oxygen atoms in total. The van der Waals surface area contributed by atoms with Crippen molar-refractivity contribution in [3.8, 4) is 5.06 Å². The Morgan fingerprint density at radius 2 is 2.40 bits per heavy atom. The van der Waals surface area contributed by atoms with Gasteiger partial charge in [0, 0.05) is 4.88 Å². The molecular weight excluding hydrogens is 148 g/mol. The van der Waals surface area contributed by atoms with E-state index in [1.807, 2.05) is 13.0 Å². The highest BCUT2D eigenvalue weighted by Crippen LogP contribution is 2.27. The molecule has 0 N–H and O–H groups in total. The van der Waals surface area contributed by atoms with Crippen LogP contribution in [-0.2, 0) is 0 Å². The second-order valence-electron chi connectivity index (χ2n) is 1.92. The predicted molar refractivity (Wildman–Crippen MR) is 41.0 cm³/mol. The van der Waals surface area contributed by atoms with Gasteiger partial charge >= 0.3 is 0 Å². The maximum atomic E-state index is 10.3. The average molecular weight is 156 g/mol. The summed E-state index contributed by atoms with van der Waals surface area (Å²) in [6, 6.07) is 1.82. The third-order valence-corrected chi connectivity index (χ3v) is 2.19. The van der Waals surface area contributed by atoms with E-state index in [1.54, 1.807) is 7.11 Å². The molecule has 0 saturated carbocycles. The zero-order valence-electron chi connectivity index (χ0n) is 5.88. The number of hydrogen-bond acceptors (Lipinski definition) is 3. The van der Waals surface area contributed by atoms with Crippen LogP contribution in [0.4, 0.5) is 0 Å². The molecule has 1 rings (SSSR count). The van der Waals surface area contributed by atoms with Crippen molar-refractivity contribution in [2.24, 2.45) is 0 Å². The van der Waals surface area contributed by atoms with Gasteiger partial charge in [0.05, 0.1) is 12.7 Å². The lowest BCUT2D eigenvalue weighted by Gasteiger charge is -1.91. The lowest BCUT2D eigenvalue weighted by molar-refractivity contribution is 0.112. The van der Waals surface area contributed by atoms with E-state index < -0.39 is 0 Å². The lowest BCUT2D eigenvalue weighted by Crippen LogP contribution is -1.82. The van der Waals surface area contributed by atoms with Gasteiger partial charge in [0.15, 0.2) is 11.3 Å². The monoisotopic (exact) mass is 156 g/mol. The van der Waals surface area contributed by atoms with Gasteiger partial charge in [-0.25, -0.2) is 0 Å². The molecule has 0 aliphatic heterocycles. The van der Waals surface area contributed by atoms with E-state index in [1.165, 1.54) is 11.3 Å². The van der Waals surface area contributed by atoms with Crippen molar-refractivity contribution in [1.82, 2.24) is 0 Å². The zero-order chi connectivity index (χ0) is 7.56. The quantitative estimate of drug-likeness (QED) is 0.611. The minimum absolute atomic E-state index is 0.644. The van der Waals surface area contributed by atoms with Crippen molar-refractivity contribution in [2.75, 3.05) is 7.11 Å². The number of aldehydes is 1. The summed E-state index contributed by atoms with van der Waals surface area (Å²) < 4.78 is 4.94. The molecule has 0 unspecified atom stereocenters. The van der Waals surface area contributed by atoms with E-state index in [0.717, 1.165) is 11.2 Å². The number of aryl methyl sites for hydroxylation is 1. The molecule has 54 valence electrons. The highest BCUT2D eigenvalue weighted by molar-refractivity contribution is 7.14. The second-order valence-corrected chi connectivity index (χ2v) is 3.14. The lowest BCUT2D eigenvalue weighted by atomic mass is 10.3. The Balaban J connectivity index is 3.08. The summed E-state index contributed by atoms with van der Waals surface area (Å²) >= 11 is 1.49. The number of rotatable bonds is 2. The average Bonchev–Trinajstić information content (AvgIpc) is 2.30. The van der Waals surface area contributed by atoms with Crippen molar-refractivity contribution < 1.29 is 9.53 Å². The zero-order valence-corrected chi connectivity index (χ0v) is 6.70. The molecule has 0 aliphatic rings. The first-order chi connectivity index (χ1) is 4.77. The summed E-state index contributed by atoms with van der Waals surface area (Å²) in [5, 5.41) is 0.701. The van der Waals surface area contributed by atoms with Crippen molar-refractivity contribution >= 4 is 17.6 Å². The van der Waals surface area contributed by atoms with Crippen molar-refractivity contribution in [2.45, 2.75) is 6.92 Å². The highest BCUT2D eigenvalue weighted by Gasteiger charge is 2.04. The Bertz CT molecular complexity index is 240. The molecule has 1 aromatic heterocycles. The van der Waals surface area contributed by atoms with Crippen molar-refractivity contribution in [1.29, 1.82) is 0 Å². The van der Waals surface area contributed by atoms with Crippen LogP contribution >= 0.6 is 11.3 Å². The van der Waals surface area contributed by atoms with Crippen molar-refractivity contribution in [3.63, 3.8) is 0 Å². The fourth-order valence-corrected chi connectivity index (χ4v) is 1.54. The van der Waals surface area contributed by atoms with Crippen LogP contribution in [0.2, 0.25) is 0 Å². The molecule has 0 spiro atoms. The molecule has 0 amide bonds. The summed E-state index contributed by atoms with van der Waals surface area (Å²) in [6.45, 7) is 1.94. The maximum absolute atomic E-state index is 10.3. The number of carbonyl (C=O) groups excluding carboxylic acids is 1. The first-order valence-electron chi connectivity index (χ1n) is 2.87. The molecule has 0 radical (unpaired) electrons. The van der Waals surface area contributed by atoms with Gasteiger partial charge in [-0.2, -0.15) is 0 Å². The van der Waals surface area contributed by atoms with Crippen LogP contribution in [0.1, 0.15) is 15.2 Å². The summed E-state index contributed by atoms with van der Waals surface area (Å²) in [6.07, 6.45) is 0.808. The van der Waals surface area contributed by atoms with E-state index in [0.29, 0.717) is 10.6 Å². The van der Waals surface area contributed by atoms with Gasteiger partial charge in [-0.3, -0.25) is 4.79 Å². The Morgan fingerprint density at radius 3 is 2.80 bits per heavy atom. The third-order valence-electron chi connectivity index (χ3n) is 1.16. The minimum Gasteiger partial charge on any atom is -0.487 e. The van der Waals surface area contributed by atoms with E-state index in [-0.39, 0.29) is 0 Å². The van der Waals surface area contributed by atoms with Crippen LogP contribution < -0.4 is 4.74 Å². The fourth-order valence-electron chi connectivity index (χ4n) is 0.754. The van der Waals surface area contributed by atoms with Crippen LogP contribution in [0.5, 0.6) is 5.06 Å². The Hall–Kier alpha value is -0.830. The fraction of sp³-hybridized carbons (Fsp3) is 0.286. The van der Waals surface area contributed by atoms with Gasteiger partial charge in [0.2, 0.25) is 0 Å². The number of thiophene rings is 1. The molecule has 1 heterocycles. The normalized spacial score (nSPS) is 9.40. The van der Waals surface area contributed by atoms with Gasteiger partial charge in [-0.1, -0.05) is 0 Å².